The number of primary amides is 1. The molecule has 0 bridgehead atoms. The van der Waals surface area contributed by atoms with Crippen LogP contribution in [0.5, 0.6) is 0 Å². The van der Waals surface area contributed by atoms with Crippen LogP contribution in [0.25, 0.3) is 0 Å². The van der Waals surface area contributed by atoms with Crippen LogP contribution in [-0.4, -0.2) is 37.6 Å². The van der Waals surface area contributed by atoms with Crippen molar-refractivity contribution in [2.45, 2.75) is 12.8 Å². The van der Waals surface area contributed by atoms with Gasteiger partial charge in [-0.1, -0.05) is 0 Å². The monoisotopic (exact) mass is 248 g/mol. The number of aromatic nitrogens is 1. The number of hydrogen-bond donors (Lipinski definition) is 2. The molecule has 2 heterocycles. The van der Waals surface area contributed by atoms with Gasteiger partial charge in [-0.3, -0.25) is 4.79 Å². The van der Waals surface area contributed by atoms with Gasteiger partial charge in [-0.25, -0.2) is 4.98 Å². The minimum atomic E-state index is -0.408. The Bertz CT molecular complexity index is 419. The fourth-order valence-corrected chi connectivity index (χ4v) is 2.55. The molecule has 0 spiro atoms. The summed E-state index contributed by atoms with van der Waals surface area (Å²) in [5.41, 5.74) is 5.91. The number of piperidine rings is 1. The third kappa shape index (κ3) is 2.79. The Morgan fingerprint density at radius 2 is 2.50 bits per heavy atom. The topological polar surface area (TPSA) is 71.2 Å². The summed E-state index contributed by atoms with van der Waals surface area (Å²) in [4.78, 5) is 17.9. The second-order valence-corrected chi connectivity index (χ2v) is 4.75. The molecule has 0 saturated carbocycles. The molecule has 0 aliphatic carbocycles. The van der Waals surface area contributed by atoms with Gasteiger partial charge in [0, 0.05) is 19.3 Å². The standard InChI is InChI=1S/C13H20N4O/c1-15-8-10-4-3-7-17(9-10)13-11(12(14)18)5-2-6-16-13/h2,5-6,10,15H,3-4,7-9H2,1H3,(H2,14,18). The van der Waals surface area contributed by atoms with Crippen molar-refractivity contribution in [3.8, 4) is 0 Å². The highest BCUT2D eigenvalue weighted by Gasteiger charge is 2.23. The number of carbonyl (C=O) groups is 1. The summed E-state index contributed by atoms with van der Waals surface area (Å²) in [7, 11) is 1.97. The highest BCUT2D eigenvalue weighted by molar-refractivity contribution is 5.97. The highest BCUT2D eigenvalue weighted by atomic mass is 16.1. The Labute approximate surface area is 107 Å². The SMILES string of the molecule is CNCC1CCCN(c2ncccc2C(N)=O)C1. The lowest BCUT2D eigenvalue weighted by atomic mass is 9.97. The number of anilines is 1. The second kappa shape index (κ2) is 5.82. The van der Waals surface area contributed by atoms with Crippen LogP contribution < -0.4 is 16.0 Å². The summed E-state index contributed by atoms with van der Waals surface area (Å²) in [6, 6.07) is 3.49. The van der Waals surface area contributed by atoms with Crippen molar-refractivity contribution < 1.29 is 4.79 Å². The molecule has 1 aliphatic heterocycles. The Balaban J connectivity index is 2.18. The predicted molar refractivity (Wildman–Crippen MR) is 71.6 cm³/mol. The van der Waals surface area contributed by atoms with Crippen molar-refractivity contribution in [1.82, 2.24) is 10.3 Å². The smallest absolute Gasteiger partial charge is 0.252 e. The molecule has 18 heavy (non-hydrogen) atoms. The zero-order valence-corrected chi connectivity index (χ0v) is 10.7. The van der Waals surface area contributed by atoms with E-state index in [1.54, 1.807) is 18.3 Å². The lowest BCUT2D eigenvalue weighted by Gasteiger charge is -2.34. The van der Waals surface area contributed by atoms with E-state index in [4.69, 9.17) is 5.73 Å². The van der Waals surface area contributed by atoms with Crippen molar-refractivity contribution in [1.29, 1.82) is 0 Å². The largest absolute Gasteiger partial charge is 0.365 e. The van der Waals surface area contributed by atoms with Gasteiger partial charge in [0.15, 0.2) is 0 Å². The molecule has 1 atom stereocenters. The summed E-state index contributed by atoms with van der Waals surface area (Å²) < 4.78 is 0. The van der Waals surface area contributed by atoms with E-state index in [0.717, 1.165) is 31.9 Å². The fraction of sp³-hybridized carbons (Fsp3) is 0.538. The van der Waals surface area contributed by atoms with Gasteiger partial charge in [-0.05, 0) is 44.5 Å². The second-order valence-electron chi connectivity index (χ2n) is 4.75. The first-order valence-corrected chi connectivity index (χ1v) is 6.36. The molecule has 3 N–H and O–H groups in total. The first kappa shape index (κ1) is 12.8. The zero-order valence-electron chi connectivity index (χ0n) is 10.7. The maximum atomic E-state index is 11.4. The summed E-state index contributed by atoms with van der Waals surface area (Å²) in [6.45, 7) is 2.87. The van der Waals surface area contributed by atoms with Gasteiger partial charge in [0.2, 0.25) is 0 Å². The molecule has 1 aromatic rings. The molecule has 5 heteroatoms. The van der Waals surface area contributed by atoms with Gasteiger partial charge >= 0.3 is 0 Å². The number of nitrogens with zero attached hydrogens (tertiary/aromatic N) is 2. The molecule has 1 aromatic heterocycles. The number of carbonyl (C=O) groups excluding carboxylic acids is 1. The summed E-state index contributed by atoms with van der Waals surface area (Å²) in [5, 5.41) is 3.21. The van der Waals surface area contributed by atoms with Crippen LogP contribution in [0, 0.1) is 5.92 Å². The molecule has 0 radical (unpaired) electrons. The van der Waals surface area contributed by atoms with Crippen molar-refractivity contribution in [2.75, 3.05) is 31.6 Å². The molecule has 5 nitrogen and oxygen atoms in total. The summed E-state index contributed by atoms with van der Waals surface area (Å²) in [6.07, 6.45) is 4.06. The first-order valence-electron chi connectivity index (χ1n) is 6.36. The van der Waals surface area contributed by atoms with Gasteiger partial charge in [0.05, 0.1) is 5.56 Å². The minimum Gasteiger partial charge on any atom is -0.365 e. The molecule has 2 rings (SSSR count). The third-order valence-corrected chi connectivity index (χ3v) is 3.36. The fourth-order valence-electron chi connectivity index (χ4n) is 2.55. The van der Waals surface area contributed by atoms with Crippen molar-refractivity contribution in [3.63, 3.8) is 0 Å². The van der Waals surface area contributed by atoms with Crippen molar-refractivity contribution in [2.24, 2.45) is 11.7 Å². The number of nitrogens with two attached hydrogens (primary N) is 1. The molecular weight excluding hydrogens is 228 g/mol. The van der Waals surface area contributed by atoms with Gasteiger partial charge < -0.3 is 16.0 Å². The lowest BCUT2D eigenvalue weighted by molar-refractivity contribution is 0.100. The van der Waals surface area contributed by atoms with Gasteiger partial charge in [-0.2, -0.15) is 0 Å². The molecule has 1 amide bonds. The molecule has 1 unspecified atom stereocenters. The molecule has 1 saturated heterocycles. The maximum Gasteiger partial charge on any atom is 0.252 e. The number of rotatable bonds is 4. The van der Waals surface area contributed by atoms with Crippen LogP contribution in [-0.2, 0) is 0 Å². The molecule has 1 fully saturated rings. The molecular formula is C13H20N4O. The van der Waals surface area contributed by atoms with Gasteiger partial charge in [0.1, 0.15) is 5.82 Å². The predicted octanol–water partition coefficient (Wildman–Crippen LogP) is 0.616. The van der Waals surface area contributed by atoms with E-state index < -0.39 is 5.91 Å². The average Bonchev–Trinajstić information content (AvgIpc) is 2.39. The molecule has 1 aliphatic rings. The Hall–Kier alpha value is -1.62. The average molecular weight is 248 g/mol. The summed E-state index contributed by atoms with van der Waals surface area (Å²) in [5.74, 6) is 0.922. The molecule has 98 valence electrons. The Kier molecular flexibility index (Phi) is 4.15. The summed E-state index contributed by atoms with van der Waals surface area (Å²) >= 11 is 0. The van der Waals surface area contributed by atoms with Crippen molar-refractivity contribution in [3.05, 3.63) is 23.9 Å². The van der Waals surface area contributed by atoms with E-state index in [1.807, 2.05) is 7.05 Å². The van der Waals surface area contributed by atoms with Gasteiger partial charge in [-0.15, -0.1) is 0 Å². The molecule has 0 aromatic carbocycles. The Morgan fingerprint density at radius 1 is 1.67 bits per heavy atom. The van der Waals surface area contributed by atoms with E-state index >= 15 is 0 Å². The highest BCUT2D eigenvalue weighted by Crippen LogP contribution is 2.23. The maximum absolute atomic E-state index is 11.4. The number of pyridine rings is 1. The van der Waals surface area contributed by atoms with Crippen LogP contribution in [0.3, 0.4) is 0 Å². The lowest BCUT2D eigenvalue weighted by Crippen LogP contribution is -2.40. The normalized spacial score (nSPS) is 19.8. The van der Waals surface area contributed by atoms with E-state index in [2.05, 4.69) is 15.2 Å². The van der Waals surface area contributed by atoms with Crippen LogP contribution in [0.1, 0.15) is 23.2 Å². The zero-order chi connectivity index (χ0) is 13.0. The van der Waals surface area contributed by atoms with E-state index in [9.17, 15) is 4.79 Å². The number of amides is 1. The van der Waals surface area contributed by atoms with Crippen LogP contribution in [0.4, 0.5) is 5.82 Å². The first-order chi connectivity index (χ1) is 8.72. The Morgan fingerprint density at radius 3 is 3.22 bits per heavy atom. The van der Waals surface area contributed by atoms with Crippen LogP contribution in [0.15, 0.2) is 18.3 Å². The minimum absolute atomic E-state index is 0.408. The third-order valence-electron chi connectivity index (χ3n) is 3.36. The van der Waals surface area contributed by atoms with Crippen LogP contribution in [0.2, 0.25) is 0 Å². The van der Waals surface area contributed by atoms with E-state index in [0.29, 0.717) is 11.5 Å². The van der Waals surface area contributed by atoms with E-state index in [-0.39, 0.29) is 0 Å². The number of hydrogen-bond acceptors (Lipinski definition) is 4. The van der Waals surface area contributed by atoms with Crippen molar-refractivity contribution >= 4 is 11.7 Å². The van der Waals surface area contributed by atoms with Crippen LogP contribution >= 0.6 is 0 Å². The number of nitrogens with one attached hydrogen (secondary N) is 1. The van der Waals surface area contributed by atoms with Gasteiger partial charge in [0.25, 0.3) is 5.91 Å². The quantitative estimate of drug-likeness (QED) is 0.819. The van der Waals surface area contributed by atoms with E-state index in [1.165, 1.54) is 6.42 Å².